The molecule has 0 saturated carbocycles. The number of carbonyl (C=O) groups is 1. The Labute approximate surface area is 448 Å². The zero-order valence-electron chi connectivity index (χ0n) is 47.0. The molecule has 2 heterocycles. The van der Waals surface area contributed by atoms with Crippen molar-refractivity contribution in [2.75, 3.05) is 0 Å². The van der Waals surface area contributed by atoms with Crippen LogP contribution in [0.5, 0.6) is 0 Å². The first kappa shape index (κ1) is 60.6. The van der Waals surface area contributed by atoms with Gasteiger partial charge in [0.1, 0.15) is 17.8 Å². The number of nitrogens with zero attached hydrogens (tertiary/aromatic N) is 2. The van der Waals surface area contributed by atoms with E-state index in [1.165, 1.54) is 50.1 Å². The lowest BCUT2D eigenvalue weighted by Gasteiger charge is -2.34. The summed E-state index contributed by atoms with van der Waals surface area (Å²) in [5.41, 5.74) is 16.6. The molecule has 0 amide bonds. The van der Waals surface area contributed by atoms with Gasteiger partial charge in [-0.05, 0) is 171 Å². The number of hydrogen-bond donors (Lipinski definition) is 2. The van der Waals surface area contributed by atoms with Gasteiger partial charge in [0.15, 0.2) is 0 Å². The fourth-order valence-electron chi connectivity index (χ4n) is 10.1. The lowest BCUT2D eigenvalue weighted by Crippen LogP contribution is -2.26. The highest BCUT2D eigenvalue weighted by Crippen LogP contribution is 2.43. The van der Waals surface area contributed by atoms with Gasteiger partial charge in [-0.2, -0.15) is 9.59 Å². The molecule has 0 fully saturated rings. The molecule has 6 aromatic rings. The van der Waals surface area contributed by atoms with E-state index in [1.54, 1.807) is 6.20 Å². The molecule has 75 heavy (non-hydrogen) atoms. The molecule has 8 heteroatoms. The SMILES string of the molecule is CCC(O)(C#Cc1ccc(C(CC)(CC)c2ccc(-c3cncc(COC=O)c3)c(C)c2)cc1C)CC.CCc1cncc(-c2ccc(C(CC)(CC)c3ccc(C#CC(O)(CC)CC)c(C)c3)cc2C)c1.O=C=O. The minimum absolute atomic E-state index is 0.0584. The minimum atomic E-state index is -0.933. The fourth-order valence-corrected chi connectivity index (χ4v) is 10.1. The second-order valence-corrected chi connectivity index (χ2v) is 19.7. The van der Waals surface area contributed by atoms with Crippen molar-refractivity contribution >= 4 is 12.6 Å². The Morgan fingerprint density at radius 3 is 1.15 bits per heavy atom. The molecule has 0 unspecified atom stereocenters. The number of ether oxygens (including phenoxy) is 1. The number of aryl methyl sites for hydroxylation is 5. The molecule has 0 aliphatic carbocycles. The highest BCUT2D eigenvalue weighted by atomic mass is 16.5. The van der Waals surface area contributed by atoms with Crippen LogP contribution in [0.1, 0.15) is 180 Å². The number of carbonyl (C=O) groups excluding carboxylic acids is 3. The van der Waals surface area contributed by atoms with Crippen LogP contribution in [0.15, 0.2) is 110 Å². The van der Waals surface area contributed by atoms with Gasteiger partial charge in [0.25, 0.3) is 6.47 Å². The number of rotatable bonds is 18. The van der Waals surface area contributed by atoms with Crippen molar-refractivity contribution < 1.29 is 29.3 Å². The maximum atomic E-state index is 10.6. The first-order chi connectivity index (χ1) is 35.9. The molecular weight excluding hydrogens is 929 g/mol. The van der Waals surface area contributed by atoms with Gasteiger partial charge in [0.2, 0.25) is 0 Å². The molecule has 394 valence electrons. The second kappa shape index (κ2) is 28.1. The van der Waals surface area contributed by atoms with E-state index >= 15 is 0 Å². The summed E-state index contributed by atoms with van der Waals surface area (Å²) in [6.07, 6.45) is 15.2. The molecular formula is C67H80N2O6. The molecule has 0 aliphatic rings. The zero-order chi connectivity index (χ0) is 55.4. The molecule has 0 bridgehead atoms. The van der Waals surface area contributed by atoms with E-state index in [9.17, 15) is 15.0 Å². The summed E-state index contributed by atoms with van der Waals surface area (Å²) in [6.45, 7) is 28.4. The molecule has 2 N–H and O–H groups in total. The van der Waals surface area contributed by atoms with Gasteiger partial charge in [-0.3, -0.25) is 14.8 Å². The monoisotopic (exact) mass is 1010 g/mol. The van der Waals surface area contributed by atoms with Crippen molar-refractivity contribution in [3.63, 3.8) is 0 Å². The summed E-state index contributed by atoms with van der Waals surface area (Å²) in [5, 5.41) is 21.1. The minimum Gasteiger partial charge on any atom is -0.463 e. The van der Waals surface area contributed by atoms with Gasteiger partial charge in [-0.1, -0.05) is 147 Å². The van der Waals surface area contributed by atoms with Crippen LogP contribution in [0, 0.1) is 51.4 Å². The lowest BCUT2D eigenvalue weighted by atomic mass is 9.69. The first-order valence-electron chi connectivity index (χ1n) is 26.8. The highest BCUT2D eigenvalue weighted by molar-refractivity contribution is 5.69. The Bertz CT molecular complexity index is 3010. The first-order valence-corrected chi connectivity index (χ1v) is 26.8. The number of aromatic nitrogens is 2. The van der Waals surface area contributed by atoms with E-state index in [0.717, 1.165) is 71.0 Å². The van der Waals surface area contributed by atoms with Gasteiger partial charge in [0.05, 0.1) is 0 Å². The Balaban J connectivity index is 0.000000309. The molecule has 4 aromatic carbocycles. The third-order valence-corrected chi connectivity index (χ3v) is 15.7. The maximum absolute atomic E-state index is 10.6. The van der Waals surface area contributed by atoms with Crippen molar-refractivity contribution in [3.8, 4) is 45.9 Å². The van der Waals surface area contributed by atoms with Crippen LogP contribution in [0.3, 0.4) is 0 Å². The number of aliphatic hydroxyl groups is 2. The van der Waals surface area contributed by atoms with E-state index in [4.69, 9.17) is 14.3 Å². The van der Waals surface area contributed by atoms with Crippen molar-refractivity contribution in [1.29, 1.82) is 0 Å². The van der Waals surface area contributed by atoms with Crippen LogP contribution in [-0.4, -0.2) is 44.0 Å². The average molecular weight is 1010 g/mol. The molecule has 0 atom stereocenters. The number of pyridine rings is 2. The third-order valence-electron chi connectivity index (χ3n) is 15.7. The van der Waals surface area contributed by atoms with E-state index in [0.29, 0.717) is 32.2 Å². The average Bonchev–Trinajstić information content (AvgIpc) is 3.43. The Hall–Kier alpha value is -6.93. The molecule has 0 radical (unpaired) electrons. The van der Waals surface area contributed by atoms with Gasteiger partial charge in [0, 0.05) is 63.4 Å². The Morgan fingerprint density at radius 2 is 0.827 bits per heavy atom. The van der Waals surface area contributed by atoms with Gasteiger partial charge >= 0.3 is 6.15 Å². The van der Waals surface area contributed by atoms with Crippen molar-refractivity contribution in [1.82, 2.24) is 9.97 Å². The summed E-state index contributed by atoms with van der Waals surface area (Å²) in [5.74, 6) is 12.7. The van der Waals surface area contributed by atoms with E-state index in [-0.39, 0.29) is 23.6 Å². The van der Waals surface area contributed by atoms with Crippen LogP contribution in [0.4, 0.5) is 0 Å². The summed E-state index contributed by atoms with van der Waals surface area (Å²) in [6, 6.07) is 31.1. The molecule has 0 saturated heterocycles. The van der Waals surface area contributed by atoms with Crippen LogP contribution in [-0.2, 0) is 43.0 Å². The van der Waals surface area contributed by atoms with Crippen molar-refractivity contribution in [2.24, 2.45) is 0 Å². The van der Waals surface area contributed by atoms with E-state index in [2.05, 4.69) is 175 Å². The predicted octanol–water partition coefficient (Wildman–Crippen LogP) is 14.4. The zero-order valence-corrected chi connectivity index (χ0v) is 47.0. The summed E-state index contributed by atoms with van der Waals surface area (Å²) < 4.78 is 4.90. The topological polar surface area (TPSA) is 127 Å². The summed E-state index contributed by atoms with van der Waals surface area (Å²) in [7, 11) is 0. The van der Waals surface area contributed by atoms with Gasteiger partial charge in [-0.15, -0.1) is 0 Å². The highest BCUT2D eigenvalue weighted by Gasteiger charge is 2.33. The molecule has 6 rings (SSSR count). The fraction of sp³-hybridized carbons (Fsp3) is 0.403. The molecule has 2 aromatic heterocycles. The lowest BCUT2D eigenvalue weighted by molar-refractivity contribution is -0.191. The van der Waals surface area contributed by atoms with Crippen LogP contribution in [0.2, 0.25) is 0 Å². The largest absolute Gasteiger partial charge is 0.463 e. The van der Waals surface area contributed by atoms with Crippen LogP contribution >= 0.6 is 0 Å². The summed E-state index contributed by atoms with van der Waals surface area (Å²) >= 11 is 0. The maximum Gasteiger partial charge on any atom is 0.373 e. The van der Waals surface area contributed by atoms with Gasteiger partial charge < -0.3 is 14.9 Å². The number of hydrogen-bond acceptors (Lipinski definition) is 8. The second-order valence-electron chi connectivity index (χ2n) is 19.7. The van der Waals surface area contributed by atoms with Crippen LogP contribution < -0.4 is 0 Å². The molecule has 8 nitrogen and oxygen atoms in total. The summed E-state index contributed by atoms with van der Waals surface area (Å²) in [4.78, 5) is 35.6. The van der Waals surface area contributed by atoms with Crippen molar-refractivity contribution in [3.05, 3.63) is 176 Å². The predicted molar refractivity (Wildman–Crippen MR) is 304 cm³/mol. The van der Waals surface area contributed by atoms with Crippen molar-refractivity contribution in [2.45, 2.75) is 176 Å². The normalized spacial score (nSPS) is 11.3. The Morgan fingerprint density at radius 1 is 0.480 bits per heavy atom. The number of benzene rings is 4. The smallest absolute Gasteiger partial charge is 0.373 e. The van der Waals surface area contributed by atoms with Crippen LogP contribution in [0.25, 0.3) is 22.3 Å². The Kier molecular flexibility index (Phi) is 22.7. The van der Waals surface area contributed by atoms with E-state index < -0.39 is 11.2 Å². The third kappa shape index (κ3) is 14.7. The van der Waals surface area contributed by atoms with E-state index in [1.807, 2.05) is 52.4 Å². The molecule has 0 spiro atoms. The standard InChI is InChI=1S/C33H39NO3.C33H41NO.CO2/c1-7-32(36,8-2)16-15-27-11-12-29(17-24(27)5)33(9-3,10-4)30-13-14-31(25(6)18-30)28-19-26(20-34-21-28)22-37-23-35;1-8-26-21-28(23-34-22-26)31-16-15-30(20-25(31)7)33(11-4,12-5)29-14-13-27(24(6)19-29)17-18-32(35,9-2)10-3;2-1-3/h11-14,17-21,23,36H,7-10,22H2,1-6H3;13-16,19-23,35H,8-12H2,1-7H3;. The molecule has 0 aliphatic heterocycles. The quantitative estimate of drug-likeness (QED) is 0.0644. The van der Waals surface area contributed by atoms with Gasteiger partial charge in [-0.25, -0.2) is 0 Å².